The number of aldehydes is 2. The van der Waals surface area contributed by atoms with Crippen molar-refractivity contribution in [3.8, 4) is 42.5 Å². The van der Waals surface area contributed by atoms with Gasteiger partial charge in [0.2, 0.25) is 0 Å². The Balaban J connectivity index is 1.17. The highest BCUT2D eigenvalue weighted by Crippen LogP contribution is 2.70. The van der Waals surface area contributed by atoms with Crippen LogP contribution in [-0.4, -0.2) is 39.0 Å². The molecule has 10 heteroatoms. The van der Waals surface area contributed by atoms with Gasteiger partial charge in [0, 0.05) is 11.1 Å². The van der Waals surface area contributed by atoms with E-state index in [-0.39, 0.29) is 0 Å². The van der Waals surface area contributed by atoms with E-state index in [9.17, 15) is 9.59 Å². The lowest BCUT2D eigenvalue weighted by Gasteiger charge is -2.34. The van der Waals surface area contributed by atoms with Crippen LogP contribution in [0.4, 0.5) is 0 Å². The molecule has 4 aromatic carbocycles. The Kier molecular flexibility index (Phi) is 17.6. The van der Waals surface area contributed by atoms with Gasteiger partial charge >= 0.3 is 0 Å². The molecule has 10 rings (SSSR count). The van der Waals surface area contributed by atoms with Crippen LogP contribution in [-0.2, 0) is 10.8 Å². The number of carbonyl (C=O) groups excluding carboxylic acids is 2. The summed E-state index contributed by atoms with van der Waals surface area (Å²) in [5, 5.41) is 0. The molecule has 2 aliphatic carbocycles. The Bertz CT molecular complexity index is 2860. The van der Waals surface area contributed by atoms with Crippen LogP contribution in [0.25, 0.3) is 28.9 Å². The van der Waals surface area contributed by atoms with E-state index >= 15 is 0 Å². The highest BCUT2D eigenvalue weighted by molar-refractivity contribution is 7.34. The fraction of sp³-hybridized carbons (Fsp3) is 0.394. The first-order chi connectivity index (χ1) is 37.4. The Morgan fingerprint density at radius 1 is 0.355 bits per heavy atom. The maximum Gasteiger partial charge on any atom is 0.160 e. The zero-order valence-corrected chi connectivity index (χ0v) is 48.0. The van der Waals surface area contributed by atoms with E-state index in [0.717, 1.165) is 130 Å². The number of thiophene rings is 4. The zero-order chi connectivity index (χ0) is 52.5. The summed E-state index contributed by atoms with van der Waals surface area (Å²) in [6.45, 7) is 11.7. The highest BCUT2D eigenvalue weighted by Gasteiger charge is 2.55. The second-order valence-electron chi connectivity index (χ2n) is 20.5. The van der Waals surface area contributed by atoms with Crippen LogP contribution < -0.4 is 18.9 Å². The molecular formula is C66H72O6S4. The normalized spacial score (nSPS) is 13.6. The molecular weight excluding hydrogens is 1020 g/mol. The molecule has 0 unspecified atom stereocenters. The summed E-state index contributed by atoms with van der Waals surface area (Å²) in [6.07, 6.45) is 20.3. The van der Waals surface area contributed by atoms with Crippen LogP contribution in [0.2, 0.25) is 0 Å². The number of hydrogen-bond donors (Lipinski definition) is 0. The Morgan fingerprint density at radius 2 is 0.632 bits per heavy atom. The zero-order valence-electron chi connectivity index (χ0n) is 44.8. The topological polar surface area (TPSA) is 71.1 Å². The maximum atomic E-state index is 12.9. The van der Waals surface area contributed by atoms with Crippen LogP contribution in [0.3, 0.4) is 0 Å². The smallest absolute Gasteiger partial charge is 0.160 e. The molecule has 8 aromatic rings. The van der Waals surface area contributed by atoms with Crippen LogP contribution in [0, 0.1) is 0 Å². The number of unbranched alkanes of at least 4 members (excludes halogenated alkanes) is 12. The number of benzene rings is 4. The highest BCUT2D eigenvalue weighted by atomic mass is 32.1. The molecule has 396 valence electrons. The van der Waals surface area contributed by atoms with Gasteiger partial charge in [-0.25, -0.2) is 0 Å². The standard InChI is InChI=1S/C66H72O6S4/c1-5-9-13-17-37-69-49-29-21-45(22-30-49)65(46-23-31-50(32-24-46)70-38-18-14-10-6-2)55-41-53(43-67)73-59(55)61-57(65)63-64(75-61)58-62(76-63)60-56(42-54(44-68)74-60)66(58,47-25-33-51(34-26-47)71-39-19-15-11-7-3)48-27-35-52(36-28-48)72-40-20-16-12-8-4/h21-36,41-44H,5-20,37-40H2,1-4H3. The van der Waals surface area contributed by atoms with E-state index in [4.69, 9.17) is 18.9 Å². The lowest BCUT2D eigenvalue weighted by molar-refractivity contribution is 0.111. The van der Waals surface area contributed by atoms with Gasteiger partial charge in [0.25, 0.3) is 0 Å². The Labute approximate surface area is 466 Å². The van der Waals surface area contributed by atoms with Crippen LogP contribution in [0.5, 0.6) is 23.0 Å². The van der Waals surface area contributed by atoms with Crippen LogP contribution in [0.15, 0.2) is 109 Å². The van der Waals surface area contributed by atoms with Crippen molar-refractivity contribution in [2.45, 2.75) is 141 Å². The van der Waals surface area contributed by atoms with E-state index < -0.39 is 10.8 Å². The molecule has 2 aliphatic rings. The molecule has 0 saturated heterocycles. The maximum absolute atomic E-state index is 12.9. The van der Waals surface area contributed by atoms with Gasteiger partial charge < -0.3 is 18.9 Å². The summed E-state index contributed by atoms with van der Waals surface area (Å²) < 4.78 is 28.0. The third-order valence-electron chi connectivity index (χ3n) is 15.4. The predicted molar refractivity (Wildman–Crippen MR) is 319 cm³/mol. The average Bonchev–Trinajstić information content (AvgIpc) is 4.49. The fourth-order valence-corrected chi connectivity index (χ4v) is 17.1. The SMILES string of the molecule is CCCCCCOc1ccc(C2(c3ccc(OCCCCCC)cc3)c3cc(C=O)sc3-c3sc4c5c(sc4c32)-c2sc(C=O)cc2C5(c2ccc(OCCCCCC)cc2)c2ccc(OCCCCCC)cc2)cc1. The van der Waals surface area contributed by atoms with Gasteiger partial charge in [-0.15, -0.1) is 45.3 Å². The minimum absolute atomic E-state index is 0.680. The number of fused-ring (bicyclic) bond motifs is 9. The van der Waals surface area contributed by atoms with Gasteiger partial charge in [-0.3, -0.25) is 9.59 Å². The Morgan fingerprint density at radius 3 is 0.882 bits per heavy atom. The summed E-state index contributed by atoms with van der Waals surface area (Å²) in [4.78, 5) is 32.0. The van der Waals surface area contributed by atoms with Crippen molar-refractivity contribution >= 4 is 67.3 Å². The second-order valence-corrected chi connectivity index (χ2v) is 24.7. The summed E-state index contributed by atoms with van der Waals surface area (Å²) in [7, 11) is 0. The van der Waals surface area contributed by atoms with Crippen molar-refractivity contribution in [3.63, 3.8) is 0 Å². The van der Waals surface area contributed by atoms with E-state index in [2.05, 4.69) is 137 Å². The van der Waals surface area contributed by atoms with Gasteiger partial charge in [0.15, 0.2) is 12.6 Å². The molecule has 4 aromatic heterocycles. The summed E-state index contributed by atoms with van der Waals surface area (Å²) in [5.41, 5.74) is 7.64. The summed E-state index contributed by atoms with van der Waals surface area (Å²) in [6, 6.07) is 39.4. The quantitative estimate of drug-likeness (QED) is 0.0330. The molecule has 76 heavy (non-hydrogen) atoms. The van der Waals surface area contributed by atoms with Gasteiger partial charge in [0.05, 0.1) is 75.9 Å². The molecule has 0 aliphatic heterocycles. The molecule has 0 fully saturated rings. The second kappa shape index (κ2) is 24.9. The van der Waals surface area contributed by atoms with Crippen molar-refractivity contribution in [2.75, 3.05) is 26.4 Å². The molecule has 0 radical (unpaired) electrons. The van der Waals surface area contributed by atoms with Crippen molar-refractivity contribution in [2.24, 2.45) is 0 Å². The van der Waals surface area contributed by atoms with Gasteiger partial charge in [-0.1, -0.05) is 153 Å². The predicted octanol–water partition coefficient (Wildman–Crippen LogP) is 19.3. The Hall–Kier alpha value is -5.52. The molecule has 0 saturated carbocycles. The number of carbonyl (C=O) groups is 2. The lowest BCUT2D eigenvalue weighted by Crippen LogP contribution is -2.29. The number of rotatable bonds is 30. The van der Waals surface area contributed by atoms with E-state index in [1.54, 1.807) is 22.7 Å². The summed E-state index contributed by atoms with van der Waals surface area (Å²) >= 11 is 6.90. The van der Waals surface area contributed by atoms with Gasteiger partial charge in [0.1, 0.15) is 23.0 Å². The van der Waals surface area contributed by atoms with E-state index in [0.29, 0.717) is 36.2 Å². The van der Waals surface area contributed by atoms with Crippen molar-refractivity contribution in [1.29, 1.82) is 0 Å². The molecule has 0 N–H and O–H groups in total. The molecule has 0 amide bonds. The van der Waals surface area contributed by atoms with Crippen LogP contribution in [0.1, 0.15) is 194 Å². The largest absolute Gasteiger partial charge is 0.494 e. The van der Waals surface area contributed by atoms with Crippen molar-refractivity contribution < 1.29 is 28.5 Å². The number of ether oxygens (including phenoxy) is 4. The third-order valence-corrected chi connectivity index (χ3v) is 20.4. The first-order valence-electron chi connectivity index (χ1n) is 28.2. The third kappa shape index (κ3) is 10.2. The average molecular weight is 1090 g/mol. The minimum atomic E-state index is -0.778. The van der Waals surface area contributed by atoms with E-state index in [1.165, 1.54) is 81.6 Å². The number of hydrogen-bond acceptors (Lipinski definition) is 10. The molecule has 4 heterocycles. The van der Waals surface area contributed by atoms with Gasteiger partial charge in [-0.05, 0) is 120 Å². The minimum Gasteiger partial charge on any atom is -0.494 e. The van der Waals surface area contributed by atoms with Crippen LogP contribution >= 0.6 is 45.3 Å². The molecule has 0 bridgehead atoms. The van der Waals surface area contributed by atoms with Crippen molar-refractivity contribution in [1.82, 2.24) is 0 Å². The molecule has 0 spiro atoms. The van der Waals surface area contributed by atoms with E-state index in [1.807, 2.05) is 22.7 Å². The fourth-order valence-electron chi connectivity index (χ4n) is 11.6. The molecule has 0 atom stereocenters. The molecule has 6 nitrogen and oxygen atoms in total. The summed E-state index contributed by atoms with van der Waals surface area (Å²) in [5.74, 6) is 3.41. The monoisotopic (exact) mass is 1090 g/mol. The first kappa shape index (κ1) is 53.9. The lowest BCUT2D eigenvalue weighted by atomic mass is 9.67. The first-order valence-corrected chi connectivity index (χ1v) is 31.4. The van der Waals surface area contributed by atoms with Gasteiger partial charge in [-0.2, -0.15) is 0 Å². The van der Waals surface area contributed by atoms with Crippen molar-refractivity contribution in [3.05, 3.63) is 163 Å².